The molecule has 7 nitrogen and oxygen atoms in total. The number of nitrogens with zero attached hydrogens (tertiary/aromatic N) is 3. The van der Waals surface area contributed by atoms with Crippen LogP contribution in [0.4, 0.5) is 5.82 Å². The quantitative estimate of drug-likeness (QED) is 0.730. The fourth-order valence-electron chi connectivity index (χ4n) is 3.20. The summed E-state index contributed by atoms with van der Waals surface area (Å²) in [7, 11) is 3.21. The third-order valence-electron chi connectivity index (χ3n) is 4.82. The number of hydrogen-bond acceptors (Lipinski definition) is 6. The van der Waals surface area contributed by atoms with Crippen LogP contribution in [0.3, 0.4) is 0 Å². The molecule has 1 aromatic heterocycles. The van der Waals surface area contributed by atoms with Crippen molar-refractivity contribution in [1.29, 1.82) is 0 Å². The van der Waals surface area contributed by atoms with Gasteiger partial charge in [0.1, 0.15) is 5.82 Å². The summed E-state index contributed by atoms with van der Waals surface area (Å²) in [6.07, 6.45) is 1.66. The Bertz CT molecular complexity index is 789. The van der Waals surface area contributed by atoms with E-state index in [-0.39, 0.29) is 5.91 Å². The number of ether oxygens (including phenoxy) is 3. The fraction of sp³-hybridized carbons (Fsp3) is 0.429. The SMILES string of the molecule is CCN(Cc1ccc(OC)c(OC)c1)C(=O)c1ccc(N2CCOCC2)nc1. The summed E-state index contributed by atoms with van der Waals surface area (Å²) in [5.41, 5.74) is 1.56. The van der Waals surface area contributed by atoms with E-state index in [4.69, 9.17) is 14.2 Å². The molecule has 0 atom stereocenters. The number of anilines is 1. The summed E-state index contributed by atoms with van der Waals surface area (Å²) in [6, 6.07) is 9.44. The van der Waals surface area contributed by atoms with Gasteiger partial charge >= 0.3 is 0 Å². The largest absolute Gasteiger partial charge is 0.493 e. The molecule has 1 aromatic carbocycles. The number of amides is 1. The molecule has 0 saturated carbocycles. The summed E-state index contributed by atoms with van der Waals surface area (Å²) >= 11 is 0. The van der Waals surface area contributed by atoms with E-state index in [9.17, 15) is 4.79 Å². The number of methoxy groups -OCH3 is 2. The number of aromatic nitrogens is 1. The summed E-state index contributed by atoms with van der Waals surface area (Å²) in [4.78, 5) is 21.4. The molecule has 0 N–H and O–H groups in total. The Kier molecular flexibility index (Phi) is 6.71. The topological polar surface area (TPSA) is 64.1 Å². The molecule has 0 unspecified atom stereocenters. The van der Waals surface area contributed by atoms with E-state index in [0.29, 0.717) is 43.4 Å². The average Bonchev–Trinajstić information content (AvgIpc) is 2.77. The molecule has 1 amide bonds. The predicted molar refractivity (Wildman–Crippen MR) is 107 cm³/mol. The lowest BCUT2D eigenvalue weighted by Gasteiger charge is -2.28. The van der Waals surface area contributed by atoms with Crippen LogP contribution in [0.5, 0.6) is 11.5 Å². The van der Waals surface area contributed by atoms with Crippen LogP contribution < -0.4 is 14.4 Å². The molecule has 0 bridgehead atoms. The first-order valence-corrected chi connectivity index (χ1v) is 9.45. The molecule has 150 valence electrons. The van der Waals surface area contributed by atoms with Crippen molar-refractivity contribution in [2.24, 2.45) is 0 Å². The van der Waals surface area contributed by atoms with E-state index in [1.807, 2.05) is 37.3 Å². The lowest BCUT2D eigenvalue weighted by molar-refractivity contribution is 0.0752. The number of benzene rings is 1. The molecule has 1 aliphatic heterocycles. The maximum absolute atomic E-state index is 12.9. The lowest BCUT2D eigenvalue weighted by Crippen LogP contribution is -2.36. The number of carbonyl (C=O) groups is 1. The zero-order chi connectivity index (χ0) is 19.9. The van der Waals surface area contributed by atoms with Crippen LogP contribution in [0.15, 0.2) is 36.5 Å². The summed E-state index contributed by atoms with van der Waals surface area (Å²) in [6.45, 7) is 6.10. The second-order valence-electron chi connectivity index (χ2n) is 6.51. The zero-order valence-corrected chi connectivity index (χ0v) is 16.7. The summed E-state index contributed by atoms with van der Waals surface area (Å²) < 4.78 is 16.0. The highest BCUT2D eigenvalue weighted by Crippen LogP contribution is 2.28. The maximum Gasteiger partial charge on any atom is 0.255 e. The minimum Gasteiger partial charge on any atom is -0.493 e. The Hall–Kier alpha value is -2.80. The van der Waals surface area contributed by atoms with Gasteiger partial charge in [-0.3, -0.25) is 4.79 Å². The van der Waals surface area contributed by atoms with Gasteiger partial charge in [-0.15, -0.1) is 0 Å². The fourth-order valence-corrected chi connectivity index (χ4v) is 3.20. The van der Waals surface area contributed by atoms with Gasteiger partial charge in [0.05, 0.1) is 33.0 Å². The zero-order valence-electron chi connectivity index (χ0n) is 16.7. The van der Waals surface area contributed by atoms with Crippen LogP contribution in [0, 0.1) is 0 Å². The second kappa shape index (κ2) is 9.41. The van der Waals surface area contributed by atoms with E-state index in [0.717, 1.165) is 24.5 Å². The molecule has 7 heteroatoms. The summed E-state index contributed by atoms with van der Waals surface area (Å²) in [5.74, 6) is 2.16. The van der Waals surface area contributed by atoms with Crippen LogP contribution in [-0.2, 0) is 11.3 Å². The van der Waals surface area contributed by atoms with Gasteiger partial charge in [0, 0.05) is 32.4 Å². The van der Waals surface area contributed by atoms with E-state index in [2.05, 4.69) is 9.88 Å². The van der Waals surface area contributed by atoms with Crippen molar-refractivity contribution < 1.29 is 19.0 Å². The van der Waals surface area contributed by atoms with Gasteiger partial charge in [0.15, 0.2) is 11.5 Å². The van der Waals surface area contributed by atoms with Gasteiger partial charge in [0.2, 0.25) is 0 Å². The number of morpholine rings is 1. The van der Waals surface area contributed by atoms with Crippen molar-refractivity contribution in [3.05, 3.63) is 47.7 Å². The number of carbonyl (C=O) groups excluding carboxylic acids is 1. The van der Waals surface area contributed by atoms with Gasteiger partial charge in [0.25, 0.3) is 5.91 Å². The van der Waals surface area contributed by atoms with E-state index in [1.54, 1.807) is 25.3 Å². The molecule has 3 rings (SSSR count). The van der Waals surface area contributed by atoms with Gasteiger partial charge in [-0.2, -0.15) is 0 Å². The van der Waals surface area contributed by atoms with E-state index < -0.39 is 0 Å². The molecule has 0 radical (unpaired) electrons. The molecule has 28 heavy (non-hydrogen) atoms. The standard InChI is InChI=1S/C21H27N3O4/c1-4-23(15-16-5-7-18(26-2)19(13-16)27-3)21(25)17-6-8-20(22-14-17)24-9-11-28-12-10-24/h5-8,13-14H,4,9-12,15H2,1-3H3. The molecular weight excluding hydrogens is 358 g/mol. The van der Waals surface area contributed by atoms with Crippen molar-refractivity contribution in [1.82, 2.24) is 9.88 Å². The van der Waals surface area contributed by atoms with Crippen molar-refractivity contribution in [2.45, 2.75) is 13.5 Å². The molecule has 2 aromatic rings. The first-order chi connectivity index (χ1) is 13.7. The van der Waals surface area contributed by atoms with Crippen LogP contribution in [-0.4, -0.2) is 62.9 Å². The highest BCUT2D eigenvalue weighted by molar-refractivity contribution is 5.94. The van der Waals surface area contributed by atoms with Gasteiger partial charge in [-0.25, -0.2) is 4.98 Å². The monoisotopic (exact) mass is 385 g/mol. The Balaban J connectivity index is 1.70. The smallest absolute Gasteiger partial charge is 0.255 e. The average molecular weight is 385 g/mol. The van der Waals surface area contributed by atoms with Crippen molar-refractivity contribution in [2.75, 3.05) is 52.0 Å². The highest BCUT2D eigenvalue weighted by atomic mass is 16.5. The first-order valence-electron chi connectivity index (χ1n) is 9.45. The second-order valence-corrected chi connectivity index (χ2v) is 6.51. The van der Waals surface area contributed by atoms with Crippen molar-refractivity contribution in [3.63, 3.8) is 0 Å². The Morgan fingerprint density at radius 1 is 1.14 bits per heavy atom. The maximum atomic E-state index is 12.9. The molecule has 2 heterocycles. The van der Waals surface area contributed by atoms with Crippen LogP contribution in [0.25, 0.3) is 0 Å². The van der Waals surface area contributed by atoms with E-state index >= 15 is 0 Å². The number of pyridine rings is 1. The Morgan fingerprint density at radius 3 is 2.50 bits per heavy atom. The predicted octanol–water partition coefficient (Wildman–Crippen LogP) is 2.60. The lowest BCUT2D eigenvalue weighted by atomic mass is 10.1. The third-order valence-corrected chi connectivity index (χ3v) is 4.82. The molecule has 1 saturated heterocycles. The number of rotatable bonds is 7. The third kappa shape index (κ3) is 4.54. The minimum atomic E-state index is -0.0432. The number of hydrogen-bond donors (Lipinski definition) is 0. The highest BCUT2D eigenvalue weighted by Gasteiger charge is 2.18. The minimum absolute atomic E-state index is 0.0432. The van der Waals surface area contributed by atoms with Gasteiger partial charge in [-0.05, 0) is 36.8 Å². The molecule has 1 fully saturated rings. The first kappa shape index (κ1) is 19.9. The molecular formula is C21H27N3O4. The molecule has 0 spiro atoms. The van der Waals surface area contributed by atoms with Crippen LogP contribution >= 0.6 is 0 Å². The summed E-state index contributed by atoms with van der Waals surface area (Å²) in [5, 5.41) is 0. The van der Waals surface area contributed by atoms with Gasteiger partial charge in [-0.1, -0.05) is 6.07 Å². The van der Waals surface area contributed by atoms with E-state index in [1.165, 1.54) is 0 Å². The molecule has 1 aliphatic rings. The molecule has 0 aliphatic carbocycles. The van der Waals surface area contributed by atoms with Crippen LogP contribution in [0.2, 0.25) is 0 Å². The Morgan fingerprint density at radius 2 is 1.89 bits per heavy atom. The van der Waals surface area contributed by atoms with Gasteiger partial charge < -0.3 is 24.0 Å². The Labute approximate surface area is 165 Å². The normalized spacial score (nSPS) is 13.9. The van der Waals surface area contributed by atoms with Crippen molar-refractivity contribution >= 4 is 11.7 Å². The van der Waals surface area contributed by atoms with Crippen LogP contribution in [0.1, 0.15) is 22.8 Å². The van der Waals surface area contributed by atoms with Crippen molar-refractivity contribution in [3.8, 4) is 11.5 Å².